The summed E-state index contributed by atoms with van der Waals surface area (Å²) in [5.74, 6) is -1.20. The molecule has 3 nitrogen and oxygen atoms in total. The first-order chi connectivity index (χ1) is 8.58. The minimum Gasteiger partial charge on any atom is -0.320 e. The Labute approximate surface area is 116 Å². The fourth-order valence-electron chi connectivity index (χ4n) is 1.32. The number of hydrogen-bond donors (Lipinski definition) is 1. The molecule has 0 radical (unpaired) electrons. The third-order valence-electron chi connectivity index (χ3n) is 2.15. The molecule has 0 saturated carbocycles. The van der Waals surface area contributed by atoms with E-state index in [0.29, 0.717) is 15.2 Å². The molecule has 0 bridgehead atoms. The van der Waals surface area contributed by atoms with Gasteiger partial charge < -0.3 is 5.32 Å². The normalized spacial score (nSPS) is 10.2. The van der Waals surface area contributed by atoms with Crippen LogP contribution >= 0.6 is 27.5 Å². The van der Waals surface area contributed by atoms with Crippen LogP contribution in [0.2, 0.25) is 5.02 Å². The SMILES string of the molecule is O=C(Nc1cccc(Cl)c1Br)c1cccc(F)n1. The summed E-state index contributed by atoms with van der Waals surface area (Å²) in [6.07, 6.45) is 0. The van der Waals surface area contributed by atoms with Crippen LogP contribution in [0, 0.1) is 5.95 Å². The van der Waals surface area contributed by atoms with Gasteiger partial charge in [0.15, 0.2) is 0 Å². The van der Waals surface area contributed by atoms with Gasteiger partial charge in [-0.15, -0.1) is 0 Å². The van der Waals surface area contributed by atoms with Crippen LogP contribution in [0.4, 0.5) is 10.1 Å². The van der Waals surface area contributed by atoms with E-state index in [4.69, 9.17) is 11.6 Å². The maximum absolute atomic E-state index is 12.9. The van der Waals surface area contributed by atoms with Crippen molar-refractivity contribution in [3.63, 3.8) is 0 Å². The second-order valence-corrected chi connectivity index (χ2v) is 4.60. The number of carbonyl (C=O) groups is 1. The molecule has 1 heterocycles. The summed E-state index contributed by atoms with van der Waals surface area (Å²) in [5.41, 5.74) is 0.500. The summed E-state index contributed by atoms with van der Waals surface area (Å²) in [6, 6.07) is 9.07. The lowest BCUT2D eigenvalue weighted by Gasteiger charge is -2.07. The van der Waals surface area contributed by atoms with Crippen molar-refractivity contribution in [2.45, 2.75) is 0 Å². The van der Waals surface area contributed by atoms with Crippen molar-refractivity contribution >= 4 is 39.1 Å². The van der Waals surface area contributed by atoms with Gasteiger partial charge in [-0.3, -0.25) is 4.79 Å². The number of halogens is 3. The molecule has 0 unspecified atom stereocenters. The van der Waals surface area contributed by atoms with E-state index in [-0.39, 0.29) is 5.69 Å². The minimum atomic E-state index is -0.701. The molecular weight excluding hydrogens is 322 g/mol. The predicted octanol–water partition coefficient (Wildman–Crippen LogP) is 3.89. The van der Waals surface area contributed by atoms with Gasteiger partial charge in [0, 0.05) is 0 Å². The van der Waals surface area contributed by atoms with Gasteiger partial charge in [0.25, 0.3) is 5.91 Å². The van der Waals surface area contributed by atoms with Gasteiger partial charge in [0.05, 0.1) is 15.2 Å². The van der Waals surface area contributed by atoms with Crippen LogP contribution in [-0.4, -0.2) is 10.9 Å². The van der Waals surface area contributed by atoms with Crippen LogP contribution in [0.5, 0.6) is 0 Å². The Kier molecular flexibility index (Phi) is 3.93. The Morgan fingerprint density at radius 2 is 2.00 bits per heavy atom. The molecular formula is C12H7BrClFN2O. The van der Waals surface area contributed by atoms with E-state index in [1.165, 1.54) is 18.2 Å². The summed E-state index contributed by atoms with van der Waals surface area (Å²) in [6.45, 7) is 0. The molecule has 1 amide bonds. The number of aromatic nitrogens is 1. The van der Waals surface area contributed by atoms with Crippen LogP contribution < -0.4 is 5.32 Å². The van der Waals surface area contributed by atoms with Gasteiger partial charge in [-0.2, -0.15) is 4.39 Å². The topological polar surface area (TPSA) is 42.0 Å². The van der Waals surface area contributed by atoms with Gasteiger partial charge >= 0.3 is 0 Å². The highest BCUT2D eigenvalue weighted by atomic mass is 79.9. The highest BCUT2D eigenvalue weighted by molar-refractivity contribution is 9.10. The van der Waals surface area contributed by atoms with Gasteiger partial charge in [-0.25, -0.2) is 4.98 Å². The summed E-state index contributed by atoms with van der Waals surface area (Å²) in [4.78, 5) is 15.3. The average molecular weight is 330 g/mol. The van der Waals surface area contributed by atoms with Gasteiger partial charge in [-0.05, 0) is 40.2 Å². The number of amides is 1. The van der Waals surface area contributed by atoms with Crippen LogP contribution in [0.3, 0.4) is 0 Å². The molecule has 1 aromatic carbocycles. The smallest absolute Gasteiger partial charge is 0.274 e. The zero-order chi connectivity index (χ0) is 13.1. The molecule has 0 aliphatic carbocycles. The molecule has 2 aromatic rings. The molecule has 1 N–H and O–H groups in total. The zero-order valence-corrected chi connectivity index (χ0v) is 11.3. The number of carbonyl (C=O) groups excluding carboxylic acids is 1. The molecule has 0 fully saturated rings. The molecule has 0 aliphatic rings. The molecule has 0 spiro atoms. The van der Waals surface area contributed by atoms with Crippen LogP contribution in [-0.2, 0) is 0 Å². The highest BCUT2D eigenvalue weighted by Gasteiger charge is 2.11. The summed E-state index contributed by atoms with van der Waals surface area (Å²) in [7, 11) is 0. The third kappa shape index (κ3) is 2.86. The zero-order valence-electron chi connectivity index (χ0n) is 8.95. The fraction of sp³-hybridized carbons (Fsp3) is 0. The summed E-state index contributed by atoms with van der Waals surface area (Å²) < 4.78 is 13.5. The van der Waals surface area contributed by atoms with Crippen molar-refractivity contribution in [1.29, 1.82) is 0 Å². The Hall–Kier alpha value is -1.46. The Morgan fingerprint density at radius 1 is 1.28 bits per heavy atom. The van der Waals surface area contributed by atoms with Crippen molar-refractivity contribution in [3.8, 4) is 0 Å². The number of benzene rings is 1. The Bertz CT molecular complexity index is 606. The van der Waals surface area contributed by atoms with Crippen LogP contribution in [0.1, 0.15) is 10.5 Å². The van der Waals surface area contributed by atoms with Crippen LogP contribution in [0.25, 0.3) is 0 Å². The fourth-order valence-corrected chi connectivity index (χ4v) is 1.86. The van der Waals surface area contributed by atoms with Crippen molar-refractivity contribution < 1.29 is 9.18 Å². The minimum absolute atomic E-state index is 0.00174. The van der Waals surface area contributed by atoms with Crippen LogP contribution in [0.15, 0.2) is 40.9 Å². The first-order valence-corrected chi connectivity index (χ1v) is 6.13. The van der Waals surface area contributed by atoms with E-state index in [2.05, 4.69) is 26.2 Å². The summed E-state index contributed by atoms with van der Waals surface area (Å²) in [5, 5.41) is 3.07. The second kappa shape index (κ2) is 5.46. The predicted molar refractivity (Wildman–Crippen MR) is 71.3 cm³/mol. The molecule has 0 saturated heterocycles. The summed E-state index contributed by atoms with van der Waals surface area (Å²) >= 11 is 9.15. The first-order valence-electron chi connectivity index (χ1n) is 4.96. The third-order valence-corrected chi connectivity index (χ3v) is 3.55. The van der Waals surface area contributed by atoms with E-state index in [1.807, 2.05) is 0 Å². The number of rotatable bonds is 2. The molecule has 2 rings (SSSR count). The lowest BCUT2D eigenvalue weighted by molar-refractivity contribution is 0.102. The van der Waals surface area contributed by atoms with Gasteiger partial charge in [-0.1, -0.05) is 23.7 Å². The van der Waals surface area contributed by atoms with Crippen molar-refractivity contribution in [1.82, 2.24) is 4.98 Å². The highest BCUT2D eigenvalue weighted by Crippen LogP contribution is 2.30. The number of nitrogens with one attached hydrogen (secondary N) is 1. The van der Waals surface area contributed by atoms with E-state index in [9.17, 15) is 9.18 Å². The second-order valence-electron chi connectivity index (χ2n) is 3.40. The van der Waals surface area contributed by atoms with E-state index >= 15 is 0 Å². The Balaban J connectivity index is 2.24. The number of nitrogens with zero attached hydrogens (tertiary/aromatic N) is 1. The largest absolute Gasteiger partial charge is 0.320 e. The maximum Gasteiger partial charge on any atom is 0.274 e. The Morgan fingerprint density at radius 3 is 2.72 bits per heavy atom. The molecule has 0 aliphatic heterocycles. The van der Waals surface area contributed by atoms with Gasteiger partial charge in [0.2, 0.25) is 5.95 Å². The number of pyridine rings is 1. The lowest BCUT2D eigenvalue weighted by Crippen LogP contribution is -2.14. The quantitative estimate of drug-likeness (QED) is 0.849. The lowest BCUT2D eigenvalue weighted by atomic mass is 10.3. The molecule has 18 heavy (non-hydrogen) atoms. The van der Waals surface area contributed by atoms with E-state index < -0.39 is 11.9 Å². The average Bonchev–Trinajstić information content (AvgIpc) is 2.35. The number of anilines is 1. The molecule has 6 heteroatoms. The van der Waals surface area contributed by atoms with Crippen molar-refractivity contribution in [2.24, 2.45) is 0 Å². The maximum atomic E-state index is 12.9. The molecule has 92 valence electrons. The van der Waals surface area contributed by atoms with E-state index in [0.717, 1.165) is 0 Å². The standard InChI is InChI=1S/C12H7BrClFN2O/c13-11-7(14)3-1-4-8(11)17-12(18)9-5-2-6-10(15)16-9/h1-6H,(H,17,18). The molecule has 1 aromatic heterocycles. The van der Waals surface area contributed by atoms with Gasteiger partial charge in [0.1, 0.15) is 5.69 Å². The monoisotopic (exact) mass is 328 g/mol. The number of hydrogen-bond acceptors (Lipinski definition) is 2. The first kappa shape index (κ1) is 13.0. The van der Waals surface area contributed by atoms with E-state index in [1.54, 1.807) is 18.2 Å². The van der Waals surface area contributed by atoms with Crippen molar-refractivity contribution in [3.05, 3.63) is 57.5 Å². The molecule has 0 atom stereocenters. The van der Waals surface area contributed by atoms with Crippen molar-refractivity contribution in [2.75, 3.05) is 5.32 Å².